The SMILES string of the molecule is Cc1[nH]n(-c2ccccc2)c(=O)c1/C(=C/C=C1/C=Nc2ccccc21)c1ccc(Br)cc1. The summed E-state index contributed by atoms with van der Waals surface area (Å²) in [5, 5.41) is 3.24. The topological polar surface area (TPSA) is 50.1 Å². The third kappa shape index (κ3) is 3.72. The summed E-state index contributed by atoms with van der Waals surface area (Å²) in [5.41, 5.74) is 7.07. The molecule has 0 fully saturated rings. The lowest BCUT2D eigenvalue weighted by Gasteiger charge is -2.07. The zero-order chi connectivity index (χ0) is 22.1. The lowest BCUT2D eigenvalue weighted by molar-refractivity contribution is 0.835. The average molecular weight is 482 g/mol. The highest BCUT2D eigenvalue weighted by Crippen LogP contribution is 2.32. The molecule has 0 unspecified atom stereocenters. The number of allylic oxidation sites excluding steroid dienone is 3. The smallest absolute Gasteiger partial charge is 0.279 e. The second-order valence-corrected chi connectivity index (χ2v) is 8.49. The van der Waals surface area contributed by atoms with E-state index >= 15 is 0 Å². The van der Waals surface area contributed by atoms with Crippen LogP contribution in [0.4, 0.5) is 5.69 Å². The second kappa shape index (κ2) is 8.44. The molecule has 1 N–H and O–H groups in total. The van der Waals surface area contributed by atoms with Crippen LogP contribution in [0.1, 0.15) is 22.4 Å². The van der Waals surface area contributed by atoms with Crippen molar-refractivity contribution in [2.45, 2.75) is 6.92 Å². The molecular weight excluding hydrogens is 462 g/mol. The third-order valence-electron chi connectivity index (χ3n) is 5.50. The summed E-state index contributed by atoms with van der Waals surface area (Å²) in [5.74, 6) is 0. The Morgan fingerprint density at radius 1 is 0.969 bits per heavy atom. The van der Waals surface area contributed by atoms with Gasteiger partial charge in [0.15, 0.2) is 0 Å². The van der Waals surface area contributed by atoms with Crippen molar-refractivity contribution in [2.75, 3.05) is 0 Å². The Labute approximate surface area is 194 Å². The van der Waals surface area contributed by atoms with Gasteiger partial charge in [-0.25, -0.2) is 4.68 Å². The molecule has 0 radical (unpaired) electrons. The Morgan fingerprint density at radius 3 is 2.47 bits per heavy atom. The lowest BCUT2D eigenvalue weighted by atomic mass is 9.97. The maximum atomic E-state index is 13.5. The number of benzene rings is 3. The second-order valence-electron chi connectivity index (χ2n) is 7.57. The highest BCUT2D eigenvalue weighted by molar-refractivity contribution is 9.10. The number of aromatic amines is 1. The van der Waals surface area contributed by atoms with E-state index in [1.54, 1.807) is 4.68 Å². The van der Waals surface area contributed by atoms with Gasteiger partial charge in [0.2, 0.25) is 0 Å². The molecule has 32 heavy (non-hydrogen) atoms. The number of halogens is 1. The number of aryl methyl sites for hydroxylation is 1. The minimum Gasteiger partial charge on any atom is -0.295 e. The molecule has 1 aliphatic heterocycles. The van der Waals surface area contributed by atoms with E-state index in [9.17, 15) is 4.79 Å². The Bertz CT molecular complexity index is 1440. The summed E-state index contributed by atoms with van der Waals surface area (Å²) < 4.78 is 2.58. The van der Waals surface area contributed by atoms with Gasteiger partial charge in [-0.05, 0) is 48.4 Å². The molecule has 0 saturated heterocycles. The van der Waals surface area contributed by atoms with E-state index in [0.717, 1.165) is 43.8 Å². The van der Waals surface area contributed by atoms with Crippen LogP contribution in [0, 0.1) is 6.92 Å². The molecular formula is C27H20BrN3O. The molecule has 0 saturated carbocycles. The average Bonchev–Trinajstić information content (AvgIpc) is 3.36. The number of hydrogen-bond acceptors (Lipinski definition) is 2. The predicted molar refractivity (Wildman–Crippen MR) is 135 cm³/mol. The number of fused-ring (bicyclic) bond motifs is 1. The van der Waals surface area contributed by atoms with Crippen molar-refractivity contribution in [3.05, 3.63) is 128 Å². The fourth-order valence-corrected chi connectivity index (χ4v) is 4.19. The number of para-hydroxylation sites is 2. The first-order chi connectivity index (χ1) is 15.6. The molecule has 156 valence electrons. The van der Waals surface area contributed by atoms with E-state index in [4.69, 9.17) is 0 Å². The molecule has 1 aromatic heterocycles. The van der Waals surface area contributed by atoms with Gasteiger partial charge in [-0.3, -0.25) is 14.9 Å². The molecule has 5 rings (SSSR count). The van der Waals surface area contributed by atoms with Gasteiger partial charge >= 0.3 is 0 Å². The van der Waals surface area contributed by atoms with Crippen LogP contribution < -0.4 is 5.56 Å². The van der Waals surface area contributed by atoms with E-state index < -0.39 is 0 Å². The van der Waals surface area contributed by atoms with E-state index in [0.29, 0.717) is 5.56 Å². The number of rotatable bonds is 4. The normalized spacial score (nSPS) is 14.2. The van der Waals surface area contributed by atoms with E-state index in [-0.39, 0.29) is 5.56 Å². The Morgan fingerprint density at radius 2 is 1.69 bits per heavy atom. The molecule has 2 heterocycles. The zero-order valence-corrected chi connectivity index (χ0v) is 19.0. The first-order valence-electron chi connectivity index (χ1n) is 10.3. The summed E-state index contributed by atoms with van der Waals surface area (Å²) in [7, 11) is 0. The van der Waals surface area contributed by atoms with Crippen LogP contribution >= 0.6 is 15.9 Å². The van der Waals surface area contributed by atoms with Gasteiger partial charge in [0.25, 0.3) is 5.56 Å². The molecule has 4 nitrogen and oxygen atoms in total. The Balaban J connectivity index is 1.68. The van der Waals surface area contributed by atoms with Gasteiger partial charge in [-0.2, -0.15) is 0 Å². The fraction of sp³-hybridized carbons (Fsp3) is 0.0370. The van der Waals surface area contributed by atoms with Gasteiger partial charge in [-0.15, -0.1) is 0 Å². The largest absolute Gasteiger partial charge is 0.295 e. The summed E-state index contributed by atoms with van der Waals surface area (Å²) >= 11 is 3.50. The van der Waals surface area contributed by atoms with Gasteiger partial charge in [0.05, 0.1) is 16.9 Å². The summed E-state index contributed by atoms with van der Waals surface area (Å²) in [6.07, 6.45) is 5.91. The van der Waals surface area contributed by atoms with Gasteiger partial charge in [0.1, 0.15) is 0 Å². The van der Waals surface area contributed by atoms with Crippen molar-refractivity contribution in [3.63, 3.8) is 0 Å². The number of nitrogens with one attached hydrogen (secondary N) is 1. The standard InChI is InChI=1S/C27H20BrN3O/c1-18-26(27(32)31(30-18)22-7-3-2-4-8-22)24(19-11-14-21(28)15-12-19)16-13-20-17-29-25-10-6-5-9-23(20)25/h2-17,30H,1H3/b20-13-,24-16+. The molecule has 5 heteroatoms. The number of nitrogens with zero attached hydrogens (tertiary/aromatic N) is 2. The molecule has 0 amide bonds. The highest BCUT2D eigenvalue weighted by Gasteiger charge is 2.18. The minimum atomic E-state index is -0.0817. The van der Waals surface area contributed by atoms with Crippen molar-refractivity contribution in [1.29, 1.82) is 0 Å². The number of aliphatic imine (C=N–C) groups is 1. The van der Waals surface area contributed by atoms with Crippen molar-refractivity contribution >= 4 is 39.0 Å². The molecule has 0 bridgehead atoms. The zero-order valence-electron chi connectivity index (χ0n) is 17.4. The van der Waals surface area contributed by atoms with Crippen LogP contribution in [-0.2, 0) is 0 Å². The van der Waals surface area contributed by atoms with Crippen LogP contribution in [-0.4, -0.2) is 16.0 Å². The number of aromatic nitrogens is 2. The number of H-pyrrole nitrogens is 1. The fourth-order valence-electron chi connectivity index (χ4n) is 3.92. The third-order valence-corrected chi connectivity index (χ3v) is 6.03. The van der Waals surface area contributed by atoms with Crippen molar-refractivity contribution < 1.29 is 0 Å². The lowest BCUT2D eigenvalue weighted by Crippen LogP contribution is -2.17. The Hall–Kier alpha value is -3.70. The van der Waals surface area contributed by atoms with Crippen LogP contribution in [0.2, 0.25) is 0 Å². The summed E-state index contributed by atoms with van der Waals surface area (Å²) in [6.45, 7) is 1.93. The maximum absolute atomic E-state index is 13.5. The maximum Gasteiger partial charge on any atom is 0.279 e. The van der Waals surface area contributed by atoms with Crippen LogP contribution in [0.5, 0.6) is 0 Å². The van der Waals surface area contributed by atoms with E-state index in [1.807, 2.05) is 98.1 Å². The molecule has 1 aliphatic rings. The van der Waals surface area contributed by atoms with Gasteiger partial charge in [0, 0.05) is 27.5 Å². The van der Waals surface area contributed by atoms with Gasteiger partial charge in [-0.1, -0.05) is 76.6 Å². The van der Waals surface area contributed by atoms with E-state index in [2.05, 4.69) is 32.1 Å². The van der Waals surface area contributed by atoms with Crippen LogP contribution in [0.3, 0.4) is 0 Å². The monoisotopic (exact) mass is 481 g/mol. The van der Waals surface area contributed by atoms with Crippen molar-refractivity contribution in [2.24, 2.45) is 4.99 Å². The van der Waals surface area contributed by atoms with Crippen molar-refractivity contribution in [1.82, 2.24) is 9.78 Å². The van der Waals surface area contributed by atoms with Crippen molar-refractivity contribution in [3.8, 4) is 5.69 Å². The first-order valence-corrected chi connectivity index (χ1v) is 11.1. The molecule has 0 atom stereocenters. The minimum absolute atomic E-state index is 0.0817. The summed E-state index contributed by atoms with van der Waals surface area (Å²) in [6, 6.07) is 25.7. The summed E-state index contributed by atoms with van der Waals surface area (Å²) in [4.78, 5) is 18.0. The molecule has 4 aromatic rings. The highest BCUT2D eigenvalue weighted by atomic mass is 79.9. The van der Waals surface area contributed by atoms with Crippen LogP contribution in [0.25, 0.3) is 16.8 Å². The first kappa shape index (κ1) is 20.2. The Kier molecular flexibility index (Phi) is 5.33. The number of hydrogen-bond donors (Lipinski definition) is 1. The molecule has 0 spiro atoms. The molecule has 0 aliphatic carbocycles. The van der Waals surface area contributed by atoms with E-state index in [1.165, 1.54) is 0 Å². The quantitative estimate of drug-likeness (QED) is 0.356. The molecule has 3 aromatic carbocycles. The van der Waals surface area contributed by atoms with Gasteiger partial charge < -0.3 is 0 Å². The predicted octanol–water partition coefficient (Wildman–Crippen LogP) is 6.47. The van der Waals surface area contributed by atoms with Crippen LogP contribution in [0.15, 0.2) is 105 Å².